The summed E-state index contributed by atoms with van der Waals surface area (Å²) in [4.78, 5) is 29.5. The van der Waals surface area contributed by atoms with Crippen molar-refractivity contribution in [3.63, 3.8) is 0 Å². The number of carbonyl (C=O) groups excluding carboxylic acids is 1. The van der Waals surface area contributed by atoms with Crippen LogP contribution < -0.4 is 15.5 Å². The van der Waals surface area contributed by atoms with Crippen LogP contribution in [0.4, 0.5) is 10.5 Å². The maximum atomic E-state index is 12.1. The highest BCUT2D eigenvalue weighted by molar-refractivity contribution is 5.74. The van der Waals surface area contributed by atoms with Crippen molar-refractivity contribution in [3.05, 3.63) is 24.5 Å². The summed E-state index contributed by atoms with van der Waals surface area (Å²) in [5, 5.41) is 15.0. The van der Waals surface area contributed by atoms with Crippen LogP contribution >= 0.6 is 0 Å². The lowest BCUT2D eigenvalue weighted by atomic mass is 9.86. The average Bonchev–Trinajstić information content (AvgIpc) is 2.68. The minimum atomic E-state index is -0.717. The number of aliphatic carboxylic acids is 1. The molecule has 142 valence electrons. The van der Waals surface area contributed by atoms with Crippen molar-refractivity contribution < 1.29 is 14.7 Å². The summed E-state index contributed by atoms with van der Waals surface area (Å²) in [5.41, 5.74) is 1.21. The highest BCUT2D eigenvalue weighted by Gasteiger charge is 2.27. The number of nitrogens with zero attached hydrogens (tertiary/aromatic N) is 2. The first-order chi connectivity index (χ1) is 12.6. The smallest absolute Gasteiger partial charge is 0.315 e. The van der Waals surface area contributed by atoms with E-state index in [2.05, 4.69) is 20.5 Å². The quantitative estimate of drug-likeness (QED) is 0.749. The van der Waals surface area contributed by atoms with E-state index in [9.17, 15) is 9.59 Å². The molecular weight excluding hydrogens is 332 g/mol. The number of aromatic nitrogens is 1. The number of piperidine rings is 1. The van der Waals surface area contributed by atoms with Crippen LogP contribution in [-0.4, -0.2) is 47.8 Å². The Bertz CT molecular complexity index is 594. The van der Waals surface area contributed by atoms with Crippen LogP contribution in [0.1, 0.15) is 38.5 Å². The normalized spacial score (nSPS) is 24.1. The third-order valence-electron chi connectivity index (χ3n) is 5.61. The van der Waals surface area contributed by atoms with Crippen molar-refractivity contribution in [3.8, 4) is 0 Å². The summed E-state index contributed by atoms with van der Waals surface area (Å²) < 4.78 is 0. The zero-order valence-corrected chi connectivity index (χ0v) is 15.1. The topological polar surface area (TPSA) is 94.6 Å². The van der Waals surface area contributed by atoms with E-state index >= 15 is 0 Å². The maximum absolute atomic E-state index is 12.1. The number of rotatable bonds is 5. The summed E-state index contributed by atoms with van der Waals surface area (Å²) in [6.45, 7) is 2.69. The van der Waals surface area contributed by atoms with E-state index in [-0.39, 0.29) is 18.0 Å². The van der Waals surface area contributed by atoms with Crippen molar-refractivity contribution >= 4 is 17.7 Å². The molecule has 0 unspecified atom stereocenters. The fourth-order valence-electron chi connectivity index (χ4n) is 3.91. The fourth-order valence-corrected chi connectivity index (χ4v) is 3.91. The molecule has 3 rings (SSSR count). The number of carbonyl (C=O) groups is 2. The molecule has 2 heterocycles. The second kappa shape index (κ2) is 8.87. The number of hydrogen-bond donors (Lipinski definition) is 3. The van der Waals surface area contributed by atoms with Gasteiger partial charge in [0, 0.05) is 43.8 Å². The van der Waals surface area contributed by atoms with E-state index in [1.165, 1.54) is 5.69 Å². The molecule has 1 saturated carbocycles. The summed E-state index contributed by atoms with van der Waals surface area (Å²) in [6.07, 6.45) is 8.54. The second-order valence-corrected chi connectivity index (χ2v) is 7.38. The van der Waals surface area contributed by atoms with Gasteiger partial charge in [-0.15, -0.1) is 0 Å². The Kier molecular flexibility index (Phi) is 6.30. The number of hydrogen-bond acceptors (Lipinski definition) is 4. The standard InChI is InChI=1S/C19H28N4O3/c24-18(25)15-1-3-16(4-2-15)22-19(26)21-13-14-7-11-23(12-8-14)17-5-9-20-10-6-17/h5-6,9-10,14-16H,1-4,7-8,11-13H2,(H,24,25)(H2,21,22,26). The Morgan fingerprint density at radius 1 is 1.08 bits per heavy atom. The van der Waals surface area contributed by atoms with Gasteiger partial charge in [0.2, 0.25) is 0 Å². The Balaban J connectivity index is 1.32. The molecule has 7 nitrogen and oxygen atoms in total. The molecule has 7 heteroatoms. The van der Waals surface area contributed by atoms with Crippen LogP contribution in [0.2, 0.25) is 0 Å². The first-order valence-electron chi connectivity index (χ1n) is 9.54. The average molecular weight is 360 g/mol. The minimum Gasteiger partial charge on any atom is -0.481 e. The summed E-state index contributed by atoms with van der Waals surface area (Å²) in [6, 6.07) is 4.04. The van der Waals surface area contributed by atoms with Crippen LogP contribution in [0, 0.1) is 11.8 Å². The van der Waals surface area contributed by atoms with Gasteiger partial charge < -0.3 is 20.6 Å². The first-order valence-corrected chi connectivity index (χ1v) is 9.54. The van der Waals surface area contributed by atoms with Gasteiger partial charge >= 0.3 is 12.0 Å². The van der Waals surface area contributed by atoms with Gasteiger partial charge in [-0.1, -0.05) is 0 Å². The monoisotopic (exact) mass is 360 g/mol. The summed E-state index contributed by atoms with van der Waals surface area (Å²) in [5.74, 6) is -0.464. The van der Waals surface area contributed by atoms with Crippen molar-refractivity contribution in [1.29, 1.82) is 0 Å². The van der Waals surface area contributed by atoms with Gasteiger partial charge in [-0.25, -0.2) is 4.79 Å². The SMILES string of the molecule is O=C(NCC1CCN(c2ccncc2)CC1)NC1CCC(C(=O)O)CC1. The molecule has 1 aromatic rings. The third-order valence-corrected chi connectivity index (χ3v) is 5.61. The van der Waals surface area contributed by atoms with Crippen molar-refractivity contribution in [2.75, 3.05) is 24.5 Å². The Labute approximate surface area is 154 Å². The molecule has 0 radical (unpaired) electrons. The lowest BCUT2D eigenvalue weighted by molar-refractivity contribution is -0.142. The van der Waals surface area contributed by atoms with Gasteiger partial charge in [-0.3, -0.25) is 9.78 Å². The Hall–Kier alpha value is -2.31. The number of carboxylic acid groups (broad SMARTS) is 1. The molecule has 2 aliphatic rings. The van der Waals surface area contributed by atoms with Gasteiger partial charge in [-0.2, -0.15) is 0 Å². The molecule has 2 fully saturated rings. The zero-order valence-electron chi connectivity index (χ0n) is 15.1. The molecule has 0 bridgehead atoms. The Morgan fingerprint density at radius 3 is 2.35 bits per heavy atom. The van der Waals surface area contributed by atoms with Crippen molar-refractivity contribution in [2.24, 2.45) is 11.8 Å². The van der Waals surface area contributed by atoms with Crippen LogP contribution in [0.3, 0.4) is 0 Å². The summed E-state index contributed by atoms with van der Waals surface area (Å²) >= 11 is 0. The second-order valence-electron chi connectivity index (χ2n) is 7.38. The van der Waals surface area contributed by atoms with E-state index in [1.807, 2.05) is 24.5 Å². The highest BCUT2D eigenvalue weighted by atomic mass is 16.4. The van der Waals surface area contributed by atoms with Gasteiger partial charge in [0.1, 0.15) is 0 Å². The highest BCUT2D eigenvalue weighted by Crippen LogP contribution is 2.24. The van der Waals surface area contributed by atoms with Crippen molar-refractivity contribution in [1.82, 2.24) is 15.6 Å². The van der Waals surface area contributed by atoms with E-state index in [1.54, 1.807) is 0 Å². The van der Waals surface area contributed by atoms with E-state index in [4.69, 9.17) is 5.11 Å². The molecule has 0 spiro atoms. The molecule has 1 aliphatic carbocycles. The van der Waals surface area contributed by atoms with E-state index in [0.29, 0.717) is 25.3 Å². The summed E-state index contributed by atoms with van der Waals surface area (Å²) in [7, 11) is 0. The molecule has 0 atom stereocenters. The molecule has 3 N–H and O–H groups in total. The zero-order chi connectivity index (χ0) is 18.4. The number of nitrogens with one attached hydrogen (secondary N) is 2. The third kappa shape index (κ3) is 5.09. The molecule has 0 aromatic carbocycles. The van der Waals surface area contributed by atoms with Gasteiger partial charge in [0.15, 0.2) is 0 Å². The molecular formula is C19H28N4O3. The van der Waals surface area contributed by atoms with Crippen LogP contribution in [0.15, 0.2) is 24.5 Å². The lowest BCUT2D eigenvalue weighted by Crippen LogP contribution is -2.46. The van der Waals surface area contributed by atoms with Gasteiger partial charge in [0.25, 0.3) is 0 Å². The molecule has 26 heavy (non-hydrogen) atoms. The predicted octanol–water partition coefficient (Wildman–Crippen LogP) is 2.24. The van der Waals surface area contributed by atoms with Crippen LogP contribution in [-0.2, 0) is 4.79 Å². The molecule has 1 aliphatic heterocycles. The van der Waals surface area contributed by atoms with E-state index in [0.717, 1.165) is 38.8 Å². The lowest BCUT2D eigenvalue weighted by Gasteiger charge is -2.33. The molecule has 1 aromatic heterocycles. The number of anilines is 1. The van der Waals surface area contributed by atoms with Gasteiger partial charge in [-0.05, 0) is 56.6 Å². The van der Waals surface area contributed by atoms with Crippen LogP contribution in [0.5, 0.6) is 0 Å². The van der Waals surface area contributed by atoms with Crippen molar-refractivity contribution in [2.45, 2.75) is 44.6 Å². The first kappa shape index (κ1) is 18.5. The number of amides is 2. The molecule has 1 saturated heterocycles. The fraction of sp³-hybridized carbons (Fsp3) is 0.632. The number of urea groups is 1. The Morgan fingerprint density at radius 2 is 1.73 bits per heavy atom. The molecule has 2 amide bonds. The largest absolute Gasteiger partial charge is 0.481 e. The number of carboxylic acids is 1. The number of pyridine rings is 1. The minimum absolute atomic E-state index is 0.0964. The maximum Gasteiger partial charge on any atom is 0.315 e. The van der Waals surface area contributed by atoms with E-state index < -0.39 is 5.97 Å². The van der Waals surface area contributed by atoms with Gasteiger partial charge in [0.05, 0.1) is 5.92 Å². The van der Waals surface area contributed by atoms with Crippen LogP contribution in [0.25, 0.3) is 0 Å². The predicted molar refractivity (Wildman–Crippen MR) is 99.1 cm³/mol.